The molecule has 0 aliphatic carbocycles. The first-order valence-corrected chi connectivity index (χ1v) is 7.66. The van der Waals surface area contributed by atoms with E-state index < -0.39 is 64.3 Å². The molecular formula is C12H12F5NO3S. The number of aliphatic hydroxyl groups is 1. The van der Waals surface area contributed by atoms with E-state index in [4.69, 9.17) is 0 Å². The lowest BCUT2D eigenvalue weighted by Gasteiger charge is -2.38. The van der Waals surface area contributed by atoms with Crippen molar-refractivity contribution in [3.63, 3.8) is 0 Å². The number of nitrogens with zero attached hydrogens (tertiary/aromatic N) is 1. The molecule has 2 rings (SSSR count). The van der Waals surface area contributed by atoms with Gasteiger partial charge in [-0.2, -0.15) is 17.5 Å². The van der Waals surface area contributed by atoms with Gasteiger partial charge in [0.1, 0.15) is 0 Å². The second-order valence-corrected chi connectivity index (χ2v) is 6.95. The Morgan fingerprint density at radius 3 is 2.09 bits per heavy atom. The molecule has 1 fully saturated rings. The summed E-state index contributed by atoms with van der Waals surface area (Å²) in [6.45, 7) is -1.14. The third-order valence-corrected chi connectivity index (χ3v) is 5.50. The van der Waals surface area contributed by atoms with Crippen LogP contribution < -0.4 is 0 Å². The molecule has 1 saturated heterocycles. The van der Waals surface area contributed by atoms with Crippen molar-refractivity contribution in [2.75, 3.05) is 13.1 Å². The Bertz CT molecular complexity index is 666. The molecule has 4 nitrogen and oxygen atoms in total. The highest BCUT2D eigenvalue weighted by atomic mass is 32.2. The maximum atomic E-state index is 13.1. The molecule has 124 valence electrons. The highest BCUT2D eigenvalue weighted by Crippen LogP contribution is 2.39. The number of rotatable bonds is 2. The Hall–Kier alpha value is -1.26. The Balaban J connectivity index is 2.21. The third-order valence-electron chi connectivity index (χ3n) is 3.61. The minimum absolute atomic E-state index is 0.467. The van der Waals surface area contributed by atoms with Crippen LogP contribution in [0.1, 0.15) is 12.8 Å². The van der Waals surface area contributed by atoms with Crippen LogP contribution in [0.2, 0.25) is 0 Å². The number of hydrogen-bond donors (Lipinski definition) is 1. The van der Waals surface area contributed by atoms with Crippen LogP contribution in [-0.4, -0.2) is 42.7 Å². The lowest BCUT2D eigenvalue weighted by Crippen LogP contribution is -2.54. The van der Waals surface area contributed by atoms with E-state index in [1.54, 1.807) is 0 Å². The highest BCUT2D eigenvalue weighted by Gasteiger charge is 2.55. The molecule has 0 aromatic heterocycles. The summed E-state index contributed by atoms with van der Waals surface area (Å²) in [5.74, 6) is -2.60. The van der Waals surface area contributed by atoms with Crippen molar-refractivity contribution >= 4 is 10.0 Å². The number of hydrogen-bond acceptors (Lipinski definition) is 3. The van der Waals surface area contributed by atoms with E-state index >= 15 is 0 Å². The molecule has 1 aliphatic rings. The van der Waals surface area contributed by atoms with Gasteiger partial charge in [-0.15, -0.1) is 0 Å². The van der Waals surface area contributed by atoms with E-state index in [0.29, 0.717) is 16.4 Å². The standard InChI is InChI=1S/C12H12F5NO3S/c13-9-2-1-8(7-10(9)14)22(20,21)18-5-3-11(19,4-6-18)12(15,16)17/h1-2,7,19H,3-6H2. The van der Waals surface area contributed by atoms with Gasteiger partial charge in [0.25, 0.3) is 0 Å². The molecule has 1 heterocycles. The molecule has 0 spiro atoms. The zero-order valence-corrected chi connectivity index (χ0v) is 11.9. The van der Waals surface area contributed by atoms with E-state index in [0.717, 1.165) is 6.07 Å². The van der Waals surface area contributed by atoms with Gasteiger partial charge in [0.2, 0.25) is 10.0 Å². The molecule has 0 amide bonds. The fourth-order valence-corrected chi connectivity index (χ4v) is 3.62. The van der Waals surface area contributed by atoms with E-state index in [1.165, 1.54) is 0 Å². The van der Waals surface area contributed by atoms with Gasteiger partial charge in [-0.25, -0.2) is 17.2 Å². The van der Waals surface area contributed by atoms with Gasteiger partial charge >= 0.3 is 6.18 Å². The molecule has 22 heavy (non-hydrogen) atoms. The smallest absolute Gasteiger partial charge is 0.380 e. The summed E-state index contributed by atoms with van der Waals surface area (Å²) in [6, 6.07) is 1.92. The van der Waals surface area contributed by atoms with Gasteiger partial charge in [0.05, 0.1) is 4.90 Å². The van der Waals surface area contributed by atoms with Crippen molar-refractivity contribution in [3.05, 3.63) is 29.8 Å². The zero-order valence-electron chi connectivity index (χ0n) is 11.1. The van der Waals surface area contributed by atoms with Gasteiger partial charge < -0.3 is 5.11 Å². The average Bonchev–Trinajstić information content (AvgIpc) is 2.41. The molecule has 1 N–H and O–H groups in total. The van der Waals surface area contributed by atoms with Crippen LogP contribution in [0.4, 0.5) is 22.0 Å². The van der Waals surface area contributed by atoms with Gasteiger partial charge in [-0.3, -0.25) is 0 Å². The van der Waals surface area contributed by atoms with Crippen LogP contribution >= 0.6 is 0 Å². The summed E-state index contributed by atoms with van der Waals surface area (Å²) in [5, 5.41) is 9.49. The fourth-order valence-electron chi connectivity index (χ4n) is 2.17. The van der Waals surface area contributed by atoms with Crippen molar-refractivity contribution < 1.29 is 35.5 Å². The van der Waals surface area contributed by atoms with Gasteiger partial charge in [-0.1, -0.05) is 0 Å². The average molecular weight is 345 g/mol. The lowest BCUT2D eigenvalue weighted by atomic mass is 9.92. The Morgan fingerprint density at radius 2 is 1.64 bits per heavy atom. The van der Waals surface area contributed by atoms with E-state index in [1.807, 2.05) is 0 Å². The van der Waals surface area contributed by atoms with Crippen LogP contribution in [0.5, 0.6) is 0 Å². The summed E-state index contributed by atoms with van der Waals surface area (Å²) in [4.78, 5) is -0.552. The normalized spacial score (nSPS) is 20.1. The van der Waals surface area contributed by atoms with Crippen LogP contribution in [0, 0.1) is 11.6 Å². The number of sulfonamides is 1. The molecule has 1 aliphatic heterocycles. The topological polar surface area (TPSA) is 57.6 Å². The molecule has 0 atom stereocenters. The Kier molecular flexibility index (Phi) is 4.22. The SMILES string of the molecule is O=S(=O)(c1ccc(F)c(F)c1)N1CCC(O)(C(F)(F)F)CC1. The van der Waals surface area contributed by atoms with Crippen molar-refractivity contribution in [3.8, 4) is 0 Å². The number of alkyl halides is 3. The largest absolute Gasteiger partial charge is 0.417 e. The summed E-state index contributed by atoms with van der Waals surface area (Å²) in [6.07, 6.45) is -6.50. The van der Waals surface area contributed by atoms with Crippen LogP contribution in [-0.2, 0) is 10.0 Å². The maximum Gasteiger partial charge on any atom is 0.417 e. The molecular weight excluding hydrogens is 333 g/mol. The molecule has 0 unspecified atom stereocenters. The first kappa shape index (κ1) is 17.1. The lowest BCUT2D eigenvalue weighted by molar-refractivity contribution is -0.270. The van der Waals surface area contributed by atoms with Crippen molar-refractivity contribution in [2.24, 2.45) is 0 Å². The van der Waals surface area contributed by atoms with Crippen LogP contribution in [0.25, 0.3) is 0 Å². The number of benzene rings is 1. The Labute approximate surface area is 123 Å². The maximum absolute atomic E-state index is 13.1. The minimum Gasteiger partial charge on any atom is -0.380 e. The quantitative estimate of drug-likeness (QED) is 0.835. The number of piperidine rings is 1. The predicted molar refractivity (Wildman–Crippen MR) is 65.4 cm³/mol. The summed E-state index contributed by atoms with van der Waals surface area (Å²) < 4.78 is 89.0. The second-order valence-electron chi connectivity index (χ2n) is 5.01. The van der Waals surface area contributed by atoms with E-state index in [-0.39, 0.29) is 0 Å². The van der Waals surface area contributed by atoms with E-state index in [9.17, 15) is 35.5 Å². The van der Waals surface area contributed by atoms with Crippen molar-refractivity contribution in [1.29, 1.82) is 0 Å². The zero-order chi connectivity index (χ0) is 16.8. The minimum atomic E-state index is -4.86. The summed E-state index contributed by atoms with van der Waals surface area (Å²) in [7, 11) is -4.25. The van der Waals surface area contributed by atoms with Crippen molar-refractivity contribution in [2.45, 2.75) is 29.5 Å². The highest BCUT2D eigenvalue weighted by molar-refractivity contribution is 7.89. The van der Waals surface area contributed by atoms with Gasteiger partial charge in [0.15, 0.2) is 17.2 Å². The second kappa shape index (κ2) is 5.43. The first-order chi connectivity index (χ1) is 9.97. The Morgan fingerprint density at radius 1 is 1.09 bits per heavy atom. The molecule has 1 aromatic rings. The third kappa shape index (κ3) is 2.95. The van der Waals surface area contributed by atoms with Crippen molar-refractivity contribution in [1.82, 2.24) is 4.31 Å². The molecule has 0 saturated carbocycles. The number of halogens is 5. The van der Waals surface area contributed by atoms with Crippen LogP contribution in [0.3, 0.4) is 0 Å². The van der Waals surface area contributed by atoms with Gasteiger partial charge in [-0.05, 0) is 31.0 Å². The predicted octanol–water partition coefficient (Wildman–Crippen LogP) is 2.04. The monoisotopic (exact) mass is 345 g/mol. The van der Waals surface area contributed by atoms with Gasteiger partial charge in [0, 0.05) is 13.1 Å². The molecule has 0 radical (unpaired) electrons. The summed E-state index contributed by atoms with van der Waals surface area (Å²) in [5.41, 5.74) is -2.94. The summed E-state index contributed by atoms with van der Waals surface area (Å²) >= 11 is 0. The molecule has 1 aromatic carbocycles. The van der Waals surface area contributed by atoms with E-state index in [2.05, 4.69) is 0 Å². The van der Waals surface area contributed by atoms with Crippen LogP contribution in [0.15, 0.2) is 23.1 Å². The fraction of sp³-hybridized carbons (Fsp3) is 0.500. The first-order valence-electron chi connectivity index (χ1n) is 6.22. The molecule has 10 heteroatoms. The molecule has 0 bridgehead atoms.